The van der Waals surface area contributed by atoms with Crippen LogP contribution < -0.4 is 16.6 Å². The number of hydrogen-bond donors (Lipinski definition) is 2. The minimum atomic E-state index is -1.02. The molecule has 1 aromatic carbocycles. The fourth-order valence-corrected chi connectivity index (χ4v) is 5.43. The lowest BCUT2D eigenvalue weighted by molar-refractivity contribution is 0.0802. The molecular formula is C25H29N4O5S+. The SMILES string of the molecule is CC(C)Cn1c(=O)n(C)c(=O)c2c(C(=O)NC[C@H](O)C[OH2+])c(Cc3ccnc4ccccc34)sc21. The van der Waals surface area contributed by atoms with Crippen molar-refractivity contribution in [1.29, 1.82) is 0 Å². The van der Waals surface area contributed by atoms with E-state index in [1.807, 2.05) is 44.2 Å². The van der Waals surface area contributed by atoms with Gasteiger partial charge >= 0.3 is 5.69 Å². The average molecular weight is 498 g/mol. The number of hydrogen-bond acceptors (Lipinski definition) is 6. The molecular weight excluding hydrogens is 468 g/mol. The summed E-state index contributed by atoms with van der Waals surface area (Å²) in [7, 11) is 1.42. The molecule has 9 nitrogen and oxygen atoms in total. The van der Waals surface area contributed by atoms with Gasteiger partial charge in [0, 0.05) is 36.5 Å². The molecule has 184 valence electrons. The van der Waals surface area contributed by atoms with Crippen LogP contribution in [0.1, 0.15) is 34.6 Å². The van der Waals surface area contributed by atoms with Gasteiger partial charge in [-0.05, 0) is 23.6 Å². The van der Waals surface area contributed by atoms with E-state index in [1.54, 1.807) is 10.8 Å². The summed E-state index contributed by atoms with van der Waals surface area (Å²) < 4.78 is 2.61. The van der Waals surface area contributed by atoms with Crippen LogP contribution in [0, 0.1) is 5.92 Å². The predicted octanol–water partition coefficient (Wildman–Crippen LogP) is 1.37. The molecule has 0 fully saturated rings. The highest BCUT2D eigenvalue weighted by Gasteiger charge is 2.26. The maximum atomic E-state index is 13.4. The monoisotopic (exact) mass is 497 g/mol. The van der Waals surface area contributed by atoms with Gasteiger partial charge in [0.1, 0.15) is 10.9 Å². The fourth-order valence-electron chi connectivity index (χ4n) is 4.12. The van der Waals surface area contributed by atoms with Crippen molar-refractivity contribution in [2.75, 3.05) is 13.2 Å². The zero-order chi connectivity index (χ0) is 25.3. The summed E-state index contributed by atoms with van der Waals surface area (Å²) in [5.74, 6) is -0.364. The Morgan fingerprint density at radius 2 is 1.97 bits per heavy atom. The van der Waals surface area contributed by atoms with Crippen molar-refractivity contribution >= 4 is 38.4 Å². The van der Waals surface area contributed by atoms with Crippen LogP contribution in [0.15, 0.2) is 46.1 Å². The van der Waals surface area contributed by atoms with E-state index in [2.05, 4.69) is 10.3 Å². The number of aliphatic hydroxyl groups is 1. The number of para-hydroxylation sites is 1. The summed E-state index contributed by atoms with van der Waals surface area (Å²) in [6, 6.07) is 9.59. The zero-order valence-corrected chi connectivity index (χ0v) is 20.7. The van der Waals surface area contributed by atoms with E-state index in [1.165, 1.54) is 18.4 Å². The average Bonchev–Trinajstić information content (AvgIpc) is 3.22. The number of nitrogens with zero attached hydrogens (tertiary/aromatic N) is 3. The van der Waals surface area contributed by atoms with Crippen molar-refractivity contribution in [1.82, 2.24) is 19.4 Å². The summed E-state index contributed by atoms with van der Waals surface area (Å²) >= 11 is 1.27. The highest BCUT2D eigenvalue weighted by molar-refractivity contribution is 7.19. The van der Waals surface area contributed by atoms with Crippen LogP contribution >= 0.6 is 11.3 Å². The van der Waals surface area contributed by atoms with Gasteiger partial charge in [-0.3, -0.25) is 23.7 Å². The first-order chi connectivity index (χ1) is 16.7. The number of rotatable bonds is 8. The Morgan fingerprint density at radius 3 is 2.69 bits per heavy atom. The molecule has 10 heteroatoms. The number of fused-ring (bicyclic) bond motifs is 2. The Kier molecular flexibility index (Phi) is 7.15. The van der Waals surface area contributed by atoms with Gasteiger partial charge in [0.25, 0.3) is 11.5 Å². The highest BCUT2D eigenvalue weighted by atomic mass is 32.1. The number of carbonyl (C=O) groups is 1. The highest BCUT2D eigenvalue weighted by Crippen LogP contribution is 2.32. The quantitative estimate of drug-likeness (QED) is 0.355. The molecule has 35 heavy (non-hydrogen) atoms. The minimum Gasteiger partial charge on any atom is -0.443 e. The molecule has 4 N–H and O–H groups in total. The van der Waals surface area contributed by atoms with Crippen LogP contribution in [-0.4, -0.2) is 49.5 Å². The number of pyridine rings is 1. The maximum absolute atomic E-state index is 13.4. The molecule has 4 aromatic rings. The molecule has 0 bridgehead atoms. The molecule has 0 saturated carbocycles. The molecule has 0 saturated heterocycles. The summed E-state index contributed by atoms with van der Waals surface area (Å²) in [4.78, 5) is 45.1. The number of carbonyl (C=O) groups excluding carboxylic acids is 1. The third-order valence-corrected chi connectivity index (χ3v) is 7.06. The van der Waals surface area contributed by atoms with Crippen molar-refractivity contribution in [2.45, 2.75) is 32.9 Å². The topological polar surface area (TPSA) is 129 Å². The van der Waals surface area contributed by atoms with E-state index in [-0.39, 0.29) is 30.0 Å². The third-order valence-electron chi connectivity index (χ3n) is 5.84. The summed E-state index contributed by atoms with van der Waals surface area (Å²) in [6.45, 7) is 4.01. The Balaban J connectivity index is 1.96. The van der Waals surface area contributed by atoms with Crippen LogP contribution in [0.3, 0.4) is 0 Å². The van der Waals surface area contributed by atoms with E-state index in [0.29, 0.717) is 22.7 Å². The smallest absolute Gasteiger partial charge is 0.331 e. The summed E-state index contributed by atoms with van der Waals surface area (Å²) in [5, 5.41) is 20.9. The zero-order valence-electron chi connectivity index (χ0n) is 19.9. The number of aliphatic hydroxyl groups excluding tert-OH is 1. The first-order valence-corrected chi connectivity index (χ1v) is 12.2. The number of amides is 1. The van der Waals surface area contributed by atoms with Crippen LogP contribution in [0.5, 0.6) is 0 Å². The minimum absolute atomic E-state index is 0.108. The molecule has 1 atom stereocenters. The lowest BCUT2D eigenvalue weighted by Crippen LogP contribution is -2.39. The number of benzene rings is 1. The second-order valence-corrected chi connectivity index (χ2v) is 10.0. The molecule has 0 spiro atoms. The predicted molar refractivity (Wildman–Crippen MR) is 138 cm³/mol. The molecule has 0 aliphatic carbocycles. The Hall–Kier alpha value is -3.34. The Labute approximate surface area is 205 Å². The first-order valence-electron chi connectivity index (χ1n) is 11.4. The largest absolute Gasteiger partial charge is 0.443 e. The molecule has 0 unspecified atom stereocenters. The first kappa shape index (κ1) is 24.8. The van der Waals surface area contributed by atoms with Crippen LogP contribution in [0.2, 0.25) is 0 Å². The molecule has 3 aromatic heterocycles. The van der Waals surface area contributed by atoms with Gasteiger partial charge in [-0.2, -0.15) is 0 Å². The van der Waals surface area contributed by atoms with Crippen molar-refractivity contribution in [3.63, 3.8) is 0 Å². The molecule has 0 radical (unpaired) electrons. The number of nitrogens with one attached hydrogen (secondary N) is 1. The van der Waals surface area contributed by atoms with Gasteiger partial charge in [-0.1, -0.05) is 32.0 Å². The van der Waals surface area contributed by atoms with E-state index in [4.69, 9.17) is 5.11 Å². The second-order valence-electron chi connectivity index (χ2n) is 8.96. The molecule has 1 amide bonds. The molecule has 0 aliphatic rings. The van der Waals surface area contributed by atoms with E-state index in [9.17, 15) is 19.5 Å². The van der Waals surface area contributed by atoms with E-state index < -0.39 is 23.3 Å². The van der Waals surface area contributed by atoms with Gasteiger partial charge in [-0.15, -0.1) is 11.3 Å². The normalized spacial score (nSPS) is 12.5. The fraction of sp³-hybridized carbons (Fsp3) is 0.360. The van der Waals surface area contributed by atoms with E-state index in [0.717, 1.165) is 21.0 Å². The lowest BCUT2D eigenvalue weighted by atomic mass is 10.0. The van der Waals surface area contributed by atoms with Gasteiger partial charge in [0.2, 0.25) is 0 Å². The number of aromatic nitrogens is 3. The molecule has 4 rings (SSSR count). The van der Waals surface area contributed by atoms with Crippen molar-refractivity contribution < 1.29 is 15.0 Å². The maximum Gasteiger partial charge on any atom is 0.331 e. The van der Waals surface area contributed by atoms with Gasteiger partial charge < -0.3 is 15.5 Å². The summed E-state index contributed by atoms with van der Waals surface area (Å²) in [5.41, 5.74) is 1.02. The molecule has 0 aliphatic heterocycles. The summed E-state index contributed by atoms with van der Waals surface area (Å²) in [6.07, 6.45) is 1.06. The van der Waals surface area contributed by atoms with Gasteiger partial charge in [-0.25, -0.2) is 4.79 Å². The Bertz CT molecular complexity index is 1510. The van der Waals surface area contributed by atoms with Crippen LogP contribution in [0.25, 0.3) is 21.1 Å². The van der Waals surface area contributed by atoms with Gasteiger partial charge in [0.05, 0.1) is 23.0 Å². The van der Waals surface area contributed by atoms with Gasteiger partial charge in [0.15, 0.2) is 6.61 Å². The number of thiophene rings is 1. The molecule has 3 heterocycles. The second kappa shape index (κ2) is 10.1. The lowest BCUT2D eigenvalue weighted by Gasteiger charge is -2.12. The van der Waals surface area contributed by atoms with Crippen molar-refractivity contribution in [3.8, 4) is 0 Å². The third kappa shape index (κ3) is 4.77. The van der Waals surface area contributed by atoms with Crippen LogP contribution in [-0.2, 0) is 20.0 Å². The van der Waals surface area contributed by atoms with E-state index >= 15 is 0 Å². The van der Waals surface area contributed by atoms with Crippen LogP contribution in [0.4, 0.5) is 0 Å². The standard InChI is InChI=1S/C25H28N4O5S/c1-14(2)12-29-24-21(23(33)28(3)25(29)34)20(22(32)27-11-16(31)13-30)19(35-24)10-15-8-9-26-18-7-5-4-6-17(15)18/h4-9,14,16,30-31H,10-13H2,1-3H3,(H,27,32)/p+1/t16-/m0/s1. The van der Waals surface area contributed by atoms with Crippen molar-refractivity contribution in [3.05, 3.63) is 73.4 Å². The Morgan fingerprint density at radius 1 is 1.23 bits per heavy atom. The van der Waals surface area contributed by atoms with Crippen molar-refractivity contribution in [2.24, 2.45) is 13.0 Å².